The van der Waals surface area contributed by atoms with E-state index >= 15 is 0 Å². The summed E-state index contributed by atoms with van der Waals surface area (Å²) in [6.45, 7) is 6.12. The van der Waals surface area contributed by atoms with Crippen LogP contribution in [0.2, 0.25) is 0 Å². The van der Waals surface area contributed by atoms with Gasteiger partial charge in [0, 0.05) is 12.0 Å². The Kier molecular flexibility index (Phi) is 4.54. The maximum Gasteiger partial charge on any atom is 0.305 e. The smallest absolute Gasteiger partial charge is 0.305 e. The molecule has 4 nitrogen and oxygen atoms in total. The van der Waals surface area contributed by atoms with Gasteiger partial charge >= 0.3 is 5.97 Å². The van der Waals surface area contributed by atoms with Gasteiger partial charge in [0.1, 0.15) is 0 Å². The topological polar surface area (TPSA) is 66.4 Å². The van der Waals surface area contributed by atoms with Crippen molar-refractivity contribution in [3.05, 3.63) is 0 Å². The van der Waals surface area contributed by atoms with E-state index in [-0.39, 0.29) is 29.7 Å². The summed E-state index contributed by atoms with van der Waals surface area (Å²) in [5, 5.41) is 11.6. The molecule has 1 rings (SSSR count). The van der Waals surface area contributed by atoms with Gasteiger partial charge in [-0.3, -0.25) is 9.59 Å². The van der Waals surface area contributed by atoms with Gasteiger partial charge in [-0.2, -0.15) is 0 Å². The van der Waals surface area contributed by atoms with Crippen molar-refractivity contribution >= 4 is 11.9 Å². The fourth-order valence-corrected chi connectivity index (χ4v) is 2.62. The van der Waals surface area contributed by atoms with E-state index < -0.39 is 5.97 Å². The molecule has 1 aliphatic carbocycles. The third kappa shape index (κ3) is 3.72. The number of carbonyl (C=O) groups is 2. The zero-order chi connectivity index (χ0) is 13.1. The van der Waals surface area contributed by atoms with Crippen molar-refractivity contribution < 1.29 is 14.7 Å². The quantitative estimate of drug-likeness (QED) is 0.775. The van der Waals surface area contributed by atoms with Crippen LogP contribution in [0.3, 0.4) is 0 Å². The van der Waals surface area contributed by atoms with Crippen molar-refractivity contribution in [2.24, 2.45) is 11.3 Å². The minimum absolute atomic E-state index is 0.00931. The molecule has 0 aromatic heterocycles. The highest BCUT2D eigenvalue weighted by Crippen LogP contribution is 2.42. The van der Waals surface area contributed by atoms with Gasteiger partial charge in [0.05, 0.1) is 6.42 Å². The van der Waals surface area contributed by atoms with Crippen LogP contribution >= 0.6 is 0 Å². The molecular weight excluding hydrogens is 218 g/mol. The highest BCUT2D eigenvalue weighted by Gasteiger charge is 2.39. The van der Waals surface area contributed by atoms with Gasteiger partial charge in [0.25, 0.3) is 0 Å². The summed E-state index contributed by atoms with van der Waals surface area (Å²) < 4.78 is 0. The first-order valence-electron chi connectivity index (χ1n) is 6.39. The first kappa shape index (κ1) is 14.0. The van der Waals surface area contributed by atoms with Gasteiger partial charge in [-0.25, -0.2) is 0 Å². The number of hydrogen-bond acceptors (Lipinski definition) is 2. The van der Waals surface area contributed by atoms with E-state index in [2.05, 4.69) is 19.2 Å². The summed E-state index contributed by atoms with van der Waals surface area (Å²) in [6.07, 6.45) is 3.74. The van der Waals surface area contributed by atoms with Gasteiger partial charge in [0.15, 0.2) is 0 Å². The highest BCUT2D eigenvalue weighted by molar-refractivity contribution is 5.80. The molecule has 0 aromatic carbocycles. The van der Waals surface area contributed by atoms with Crippen LogP contribution in [0.15, 0.2) is 0 Å². The Balaban J connectivity index is 2.55. The molecule has 1 amide bonds. The average molecular weight is 241 g/mol. The molecule has 98 valence electrons. The summed E-state index contributed by atoms with van der Waals surface area (Å²) in [4.78, 5) is 22.8. The van der Waals surface area contributed by atoms with E-state index in [0.29, 0.717) is 6.42 Å². The number of amides is 1. The maximum atomic E-state index is 12.1. The lowest BCUT2D eigenvalue weighted by Crippen LogP contribution is -2.42. The fraction of sp³-hybridized carbons (Fsp3) is 0.846. The first-order chi connectivity index (χ1) is 7.86. The molecule has 0 saturated heterocycles. The zero-order valence-corrected chi connectivity index (χ0v) is 11.0. The average Bonchev–Trinajstić information content (AvgIpc) is 2.56. The number of aliphatic carboxylic acids is 1. The Morgan fingerprint density at radius 2 is 2.12 bits per heavy atom. The summed E-state index contributed by atoms with van der Waals surface area (Å²) in [7, 11) is 0. The van der Waals surface area contributed by atoms with E-state index in [0.717, 1.165) is 19.3 Å². The van der Waals surface area contributed by atoms with E-state index in [1.165, 1.54) is 0 Å². The van der Waals surface area contributed by atoms with Crippen LogP contribution in [0, 0.1) is 11.3 Å². The molecule has 17 heavy (non-hydrogen) atoms. The number of carbonyl (C=O) groups excluding carboxylic acids is 1. The molecule has 4 heteroatoms. The predicted molar refractivity (Wildman–Crippen MR) is 65.6 cm³/mol. The lowest BCUT2D eigenvalue weighted by molar-refractivity contribution is -0.138. The molecule has 1 aliphatic rings. The number of nitrogens with one attached hydrogen (secondary N) is 1. The van der Waals surface area contributed by atoms with Crippen LogP contribution in [0.1, 0.15) is 52.9 Å². The molecule has 2 unspecified atom stereocenters. The van der Waals surface area contributed by atoms with E-state index in [1.54, 1.807) is 0 Å². The van der Waals surface area contributed by atoms with E-state index in [9.17, 15) is 9.59 Å². The standard InChI is InChI=1S/C13H23NO3/c1-4-9(8-11(15)16)14-12(17)10-6-5-7-13(10,2)3/h9-10H,4-8H2,1-3H3,(H,14,17)(H,15,16). The van der Waals surface area contributed by atoms with Gasteiger partial charge < -0.3 is 10.4 Å². The SMILES string of the molecule is CCC(CC(=O)O)NC(=O)C1CCCC1(C)C. The summed E-state index contributed by atoms with van der Waals surface area (Å²) in [5.41, 5.74) is 0.0472. The highest BCUT2D eigenvalue weighted by atomic mass is 16.4. The van der Waals surface area contributed by atoms with Crippen LogP contribution in [0.25, 0.3) is 0 Å². The summed E-state index contributed by atoms with van der Waals surface area (Å²) in [5.74, 6) is -0.797. The molecule has 0 spiro atoms. The number of carboxylic acid groups (broad SMARTS) is 1. The van der Waals surface area contributed by atoms with Crippen molar-refractivity contribution in [1.82, 2.24) is 5.32 Å². The normalized spacial score (nSPS) is 24.3. The van der Waals surface area contributed by atoms with Crippen molar-refractivity contribution in [1.29, 1.82) is 0 Å². The molecule has 2 atom stereocenters. The Hall–Kier alpha value is -1.06. The van der Waals surface area contributed by atoms with Crippen LogP contribution in [0.5, 0.6) is 0 Å². The summed E-state index contributed by atoms with van der Waals surface area (Å²) >= 11 is 0. The van der Waals surface area contributed by atoms with Crippen LogP contribution in [-0.4, -0.2) is 23.0 Å². The Bertz CT molecular complexity index is 299. The molecular formula is C13H23NO3. The zero-order valence-electron chi connectivity index (χ0n) is 11.0. The van der Waals surface area contributed by atoms with Crippen LogP contribution < -0.4 is 5.32 Å². The molecule has 1 fully saturated rings. The Labute approximate surface area is 103 Å². The minimum Gasteiger partial charge on any atom is -0.481 e. The van der Waals surface area contributed by atoms with Gasteiger partial charge in [-0.1, -0.05) is 27.2 Å². The second-order valence-electron chi connectivity index (χ2n) is 5.65. The van der Waals surface area contributed by atoms with Gasteiger partial charge in [-0.05, 0) is 24.7 Å². The molecule has 1 saturated carbocycles. The number of carboxylic acids is 1. The lowest BCUT2D eigenvalue weighted by Gasteiger charge is -2.27. The van der Waals surface area contributed by atoms with Gasteiger partial charge in [0.2, 0.25) is 5.91 Å². The molecule has 0 aromatic rings. The lowest BCUT2D eigenvalue weighted by atomic mass is 9.81. The molecule has 0 radical (unpaired) electrons. The monoisotopic (exact) mass is 241 g/mol. The van der Waals surface area contributed by atoms with Crippen molar-refractivity contribution in [3.8, 4) is 0 Å². The van der Waals surface area contributed by atoms with Crippen molar-refractivity contribution in [2.45, 2.75) is 58.9 Å². The molecule has 0 bridgehead atoms. The van der Waals surface area contributed by atoms with E-state index in [4.69, 9.17) is 5.11 Å². The van der Waals surface area contributed by atoms with Gasteiger partial charge in [-0.15, -0.1) is 0 Å². The summed E-state index contributed by atoms with van der Waals surface area (Å²) in [6, 6.07) is -0.239. The number of rotatable bonds is 5. The molecule has 2 N–H and O–H groups in total. The van der Waals surface area contributed by atoms with Crippen LogP contribution in [-0.2, 0) is 9.59 Å². The third-order valence-electron chi connectivity index (χ3n) is 3.83. The largest absolute Gasteiger partial charge is 0.481 e. The fourth-order valence-electron chi connectivity index (χ4n) is 2.62. The van der Waals surface area contributed by atoms with Crippen molar-refractivity contribution in [3.63, 3.8) is 0 Å². The number of hydrogen-bond donors (Lipinski definition) is 2. The maximum absolute atomic E-state index is 12.1. The third-order valence-corrected chi connectivity index (χ3v) is 3.83. The van der Waals surface area contributed by atoms with E-state index in [1.807, 2.05) is 6.92 Å². The second-order valence-corrected chi connectivity index (χ2v) is 5.65. The Morgan fingerprint density at radius 3 is 2.53 bits per heavy atom. The predicted octanol–water partition coefficient (Wildman–Crippen LogP) is 2.18. The molecule has 0 aliphatic heterocycles. The van der Waals surface area contributed by atoms with Crippen molar-refractivity contribution in [2.75, 3.05) is 0 Å². The first-order valence-corrected chi connectivity index (χ1v) is 6.39. The Morgan fingerprint density at radius 1 is 1.47 bits per heavy atom. The van der Waals surface area contributed by atoms with Crippen LogP contribution in [0.4, 0.5) is 0 Å². The minimum atomic E-state index is -0.858. The second kappa shape index (κ2) is 5.52. The molecule has 0 heterocycles.